The zero-order valence-corrected chi connectivity index (χ0v) is 27.4. The van der Waals surface area contributed by atoms with Gasteiger partial charge >= 0.3 is 6.09 Å². The number of carbonyl (C=O) groups excluding carboxylic acids is 4. The molecule has 2 aromatic heterocycles. The van der Waals surface area contributed by atoms with E-state index in [9.17, 15) is 19.2 Å². The Balaban J connectivity index is 1.07. The van der Waals surface area contributed by atoms with Crippen molar-refractivity contribution in [2.45, 2.75) is 70.6 Å². The van der Waals surface area contributed by atoms with E-state index in [4.69, 9.17) is 4.74 Å². The smallest absolute Gasteiger partial charge is 0.410 e. The number of fused-ring (bicyclic) bond motifs is 1. The molecule has 248 valence electrons. The van der Waals surface area contributed by atoms with Crippen LogP contribution in [0.15, 0.2) is 79.0 Å². The maximum Gasteiger partial charge on any atom is 0.410 e. The second-order valence-corrected chi connectivity index (χ2v) is 13.3. The fourth-order valence-corrected chi connectivity index (χ4v) is 6.22. The summed E-state index contributed by atoms with van der Waals surface area (Å²) in [7, 11) is 0. The minimum absolute atomic E-state index is 0.0545. The Bertz CT molecular complexity index is 1820. The van der Waals surface area contributed by atoms with Crippen molar-refractivity contribution in [3.05, 3.63) is 84.6 Å². The molecule has 11 heteroatoms. The number of likely N-dealkylation sites (tertiary alicyclic amines) is 2. The molecule has 0 aliphatic carbocycles. The Kier molecular flexibility index (Phi) is 9.38. The second kappa shape index (κ2) is 13.8. The molecule has 2 atom stereocenters. The lowest BCUT2D eigenvalue weighted by Crippen LogP contribution is -2.45. The van der Waals surface area contributed by atoms with E-state index in [1.807, 2.05) is 60.7 Å². The fourth-order valence-electron chi connectivity index (χ4n) is 6.22. The Morgan fingerprint density at radius 3 is 2.12 bits per heavy atom. The van der Waals surface area contributed by atoms with Crippen LogP contribution in [0.3, 0.4) is 0 Å². The Morgan fingerprint density at radius 1 is 0.792 bits per heavy atom. The van der Waals surface area contributed by atoms with Crippen LogP contribution in [0.1, 0.15) is 52.0 Å². The average Bonchev–Trinajstić information content (AvgIpc) is 3.76. The number of hydrogen-bond donors (Lipinski definition) is 2. The van der Waals surface area contributed by atoms with Gasteiger partial charge in [0.05, 0.1) is 11.9 Å². The molecule has 4 amide bonds. The van der Waals surface area contributed by atoms with Crippen LogP contribution >= 0.6 is 0 Å². The van der Waals surface area contributed by atoms with Crippen molar-refractivity contribution in [1.82, 2.24) is 19.8 Å². The minimum atomic E-state index is -0.642. The Hall–Kier alpha value is -5.32. The van der Waals surface area contributed by atoms with E-state index in [1.165, 1.54) is 4.90 Å². The summed E-state index contributed by atoms with van der Waals surface area (Å²) in [5.74, 6) is 0.238. The predicted molar refractivity (Wildman–Crippen MR) is 183 cm³/mol. The van der Waals surface area contributed by atoms with Crippen LogP contribution in [-0.4, -0.2) is 74.4 Å². The van der Waals surface area contributed by atoms with Gasteiger partial charge < -0.3 is 20.3 Å². The van der Waals surface area contributed by atoms with Crippen molar-refractivity contribution < 1.29 is 23.9 Å². The van der Waals surface area contributed by atoms with Gasteiger partial charge in [-0.3, -0.25) is 19.3 Å². The number of pyridine rings is 2. The second-order valence-electron chi connectivity index (χ2n) is 13.3. The number of amides is 4. The molecule has 0 radical (unpaired) electrons. The van der Waals surface area contributed by atoms with E-state index in [-0.39, 0.29) is 24.1 Å². The molecule has 6 rings (SSSR count). The molecule has 4 aromatic rings. The van der Waals surface area contributed by atoms with Crippen LogP contribution in [0.2, 0.25) is 0 Å². The maximum atomic E-state index is 13.1. The summed E-state index contributed by atoms with van der Waals surface area (Å²) in [6.45, 7) is 6.44. The molecule has 2 N–H and O–H groups in total. The normalized spacial score (nSPS) is 17.7. The van der Waals surface area contributed by atoms with Crippen LogP contribution < -0.4 is 10.6 Å². The minimum Gasteiger partial charge on any atom is -0.444 e. The van der Waals surface area contributed by atoms with Gasteiger partial charge in [0.25, 0.3) is 0 Å². The molecule has 0 bridgehead atoms. The number of rotatable bonds is 7. The number of aromatic nitrogens is 2. The lowest BCUT2D eigenvalue weighted by Gasteiger charge is -2.27. The zero-order valence-electron chi connectivity index (χ0n) is 27.4. The van der Waals surface area contributed by atoms with E-state index in [0.717, 1.165) is 34.9 Å². The molecule has 2 aliphatic heterocycles. The van der Waals surface area contributed by atoms with Crippen molar-refractivity contribution in [2.75, 3.05) is 23.7 Å². The predicted octanol–water partition coefficient (Wildman–Crippen LogP) is 5.81. The molecular formula is C37H40N6O5. The molecular weight excluding hydrogens is 608 g/mol. The number of nitrogens with one attached hydrogen (secondary N) is 2. The molecule has 48 heavy (non-hydrogen) atoms. The monoisotopic (exact) mass is 648 g/mol. The molecule has 0 spiro atoms. The van der Waals surface area contributed by atoms with E-state index in [0.29, 0.717) is 43.1 Å². The third kappa shape index (κ3) is 7.62. The van der Waals surface area contributed by atoms with Gasteiger partial charge in [-0.1, -0.05) is 36.4 Å². The molecule has 2 aromatic carbocycles. The van der Waals surface area contributed by atoms with Crippen LogP contribution in [0, 0.1) is 0 Å². The number of ether oxygens (including phenoxy) is 1. The highest BCUT2D eigenvalue weighted by molar-refractivity contribution is 5.98. The van der Waals surface area contributed by atoms with Crippen LogP contribution in [0.4, 0.5) is 16.4 Å². The largest absolute Gasteiger partial charge is 0.444 e. The van der Waals surface area contributed by atoms with Gasteiger partial charge in [-0.2, -0.15) is 0 Å². The number of anilines is 2. The number of hydrogen-bond acceptors (Lipinski definition) is 7. The third-order valence-corrected chi connectivity index (χ3v) is 8.55. The quantitative estimate of drug-likeness (QED) is 0.259. The first-order chi connectivity index (χ1) is 23.0. The highest BCUT2D eigenvalue weighted by Gasteiger charge is 2.37. The van der Waals surface area contributed by atoms with Crippen molar-refractivity contribution in [1.29, 1.82) is 0 Å². The molecule has 2 fully saturated rings. The summed E-state index contributed by atoms with van der Waals surface area (Å²) in [5, 5.41) is 6.63. The average molecular weight is 649 g/mol. The molecule has 11 nitrogen and oxygen atoms in total. The maximum absolute atomic E-state index is 13.1. The van der Waals surface area contributed by atoms with Gasteiger partial charge in [0.1, 0.15) is 29.3 Å². The van der Waals surface area contributed by atoms with E-state index < -0.39 is 23.8 Å². The van der Waals surface area contributed by atoms with Crippen molar-refractivity contribution in [2.24, 2.45) is 0 Å². The Morgan fingerprint density at radius 2 is 1.44 bits per heavy atom. The summed E-state index contributed by atoms with van der Waals surface area (Å²) in [6.07, 6.45) is 4.16. The Labute approximate surface area is 279 Å². The highest BCUT2D eigenvalue weighted by atomic mass is 16.6. The molecule has 2 saturated heterocycles. The third-order valence-electron chi connectivity index (χ3n) is 8.55. The van der Waals surface area contributed by atoms with E-state index in [2.05, 4.69) is 20.6 Å². The van der Waals surface area contributed by atoms with Gasteiger partial charge in [0.15, 0.2) is 0 Å². The van der Waals surface area contributed by atoms with Crippen LogP contribution in [0.25, 0.3) is 22.0 Å². The van der Waals surface area contributed by atoms with Gasteiger partial charge in [0, 0.05) is 30.2 Å². The summed E-state index contributed by atoms with van der Waals surface area (Å²) < 4.78 is 5.49. The summed E-state index contributed by atoms with van der Waals surface area (Å²) in [6, 6.07) is 21.5. The van der Waals surface area contributed by atoms with Crippen molar-refractivity contribution in [3.63, 3.8) is 0 Å². The standard InChI is InChI=1S/C37H40N6O5/c1-37(2,3)48-36(47)43-20-8-12-30(43)35(46)41-32-18-14-26-22-25(13-16-28(26)39-32)27-15-17-31(38-23-27)40-34(45)29-11-7-19-42(29)33(44)21-24-9-5-4-6-10-24/h4-6,9-10,13-18,22-23,29-30H,7-8,11-12,19-21H2,1-3H3,(H,38,40,45)(H,39,41,46)/t29-,30-/m0/s1. The summed E-state index contributed by atoms with van der Waals surface area (Å²) in [5.41, 5.74) is 2.76. The van der Waals surface area contributed by atoms with Gasteiger partial charge in [-0.05, 0) is 94.0 Å². The SMILES string of the molecule is CC(C)(C)OC(=O)N1CCC[C@H]1C(=O)Nc1ccc2cc(-c3ccc(NC(=O)[C@@H]4CCCN4C(=O)Cc4ccccc4)nc3)ccc2n1. The van der Waals surface area contributed by atoms with Gasteiger partial charge in [-0.15, -0.1) is 0 Å². The first-order valence-corrected chi connectivity index (χ1v) is 16.4. The summed E-state index contributed by atoms with van der Waals surface area (Å²) >= 11 is 0. The first-order valence-electron chi connectivity index (χ1n) is 16.4. The van der Waals surface area contributed by atoms with Gasteiger partial charge in [-0.25, -0.2) is 14.8 Å². The zero-order chi connectivity index (χ0) is 33.8. The van der Waals surface area contributed by atoms with Crippen LogP contribution in [0.5, 0.6) is 0 Å². The van der Waals surface area contributed by atoms with Crippen molar-refractivity contribution in [3.8, 4) is 11.1 Å². The molecule has 0 saturated carbocycles. The molecule has 2 aliphatic rings. The summed E-state index contributed by atoms with van der Waals surface area (Å²) in [4.78, 5) is 64.1. The number of nitrogens with zero attached hydrogens (tertiary/aromatic N) is 4. The lowest BCUT2D eigenvalue weighted by molar-refractivity contribution is -0.136. The van der Waals surface area contributed by atoms with E-state index in [1.54, 1.807) is 44.0 Å². The highest BCUT2D eigenvalue weighted by Crippen LogP contribution is 2.27. The lowest BCUT2D eigenvalue weighted by atomic mass is 10.0. The number of benzene rings is 2. The van der Waals surface area contributed by atoms with Crippen LogP contribution in [-0.2, 0) is 25.5 Å². The topological polar surface area (TPSA) is 134 Å². The number of carbonyl (C=O) groups is 4. The molecule has 0 unspecified atom stereocenters. The fraction of sp³-hybridized carbons (Fsp3) is 0.351. The first kappa shape index (κ1) is 32.6. The van der Waals surface area contributed by atoms with Crippen molar-refractivity contribution >= 4 is 46.4 Å². The van der Waals surface area contributed by atoms with E-state index >= 15 is 0 Å². The molecule has 4 heterocycles. The van der Waals surface area contributed by atoms with Gasteiger partial charge in [0.2, 0.25) is 17.7 Å².